The average Bonchev–Trinajstić information content (AvgIpc) is 3.26. The van der Waals surface area contributed by atoms with Gasteiger partial charge in [-0.3, -0.25) is 4.79 Å². The molecule has 0 radical (unpaired) electrons. The second-order valence-electron chi connectivity index (χ2n) is 7.03. The number of benzene rings is 1. The second kappa shape index (κ2) is 10.2. The number of nitrogens with zero attached hydrogens (tertiary/aromatic N) is 3. The number of hydrogen-bond donors (Lipinski definition) is 1. The summed E-state index contributed by atoms with van der Waals surface area (Å²) < 4.78 is 5.21. The number of esters is 1. The van der Waals surface area contributed by atoms with E-state index in [0.29, 0.717) is 18.8 Å². The van der Waals surface area contributed by atoms with Gasteiger partial charge in [0.2, 0.25) is 11.9 Å². The molecule has 0 saturated carbocycles. The maximum atomic E-state index is 12.3. The zero-order chi connectivity index (χ0) is 20.6. The van der Waals surface area contributed by atoms with E-state index in [9.17, 15) is 9.59 Å². The smallest absolute Gasteiger partial charge is 0.358 e. The van der Waals surface area contributed by atoms with Crippen LogP contribution in [0.3, 0.4) is 0 Å². The molecule has 7 nitrogen and oxygen atoms in total. The SMILES string of the molecule is Cc1ccc(CCC(=O)NCCOC(=O)c2nc(N3CCCC3)ncc2Cl)cc1. The van der Waals surface area contributed by atoms with Crippen molar-refractivity contribution in [3.63, 3.8) is 0 Å². The number of amides is 1. The summed E-state index contributed by atoms with van der Waals surface area (Å²) in [5.74, 6) is -0.215. The van der Waals surface area contributed by atoms with Crippen LogP contribution in [0, 0.1) is 6.92 Å². The van der Waals surface area contributed by atoms with Crippen molar-refractivity contribution in [2.24, 2.45) is 0 Å². The summed E-state index contributed by atoms with van der Waals surface area (Å²) in [6.45, 7) is 4.05. The van der Waals surface area contributed by atoms with Gasteiger partial charge in [0, 0.05) is 19.5 Å². The van der Waals surface area contributed by atoms with Gasteiger partial charge in [-0.05, 0) is 31.7 Å². The predicted octanol–water partition coefficient (Wildman–Crippen LogP) is 2.94. The molecule has 2 aromatic rings. The Bertz CT molecular complexity index is 852. The number of halogens is 1. The summed E-state index contributed by atoms with van der Waals surface area (Å²) in [5, 5.41) is 2.90. The minimum atomic E-state index is -0.619. The first-order chi connectivity index (χ1) is 14.0. The summed E-state index contributed by atoms with van der Waals surface area (Å²) in [4.78, 5) is 34.7. The monoisotopic (exact) mass is 416 g/mol. The number of rotatable bonds is 8. The largest absolute Gasteiger partial charge is 0.459 e. The van der Waals surface area contributed by atoms with Gasteiger partial charge in [-0.1, -0.05) is 41.4 Å². The molecule has 0 bridgehead atoms. The highest BCUT2D eigenvalue weighted by Gasteiger charge is 2.20. The summed E-state index contributed by atoms with van der Waals surface area (Å²) in [6.07, 6.45) is 4.63. The molecule has 0 unspecified atom stereocenters. The molecule has 1 aliphatic rings. The lowest BCUT2D eigenvalue weighted by molar-refractivity contribution is -0.121. The molecule has 1 aliphatic heterocycles. The molecule has 1 aromatic carbocycles. The molecule has 1 N–H and O–H groups in total. The highest BCUT2D eigenvalue weighted by atomic mass is 35.5. The van der Waals surface area contributed by atoms with Gasteiger partial charge < -0.3 is 15.0 Å². The predicted molar refractivity (Wildman–Crippen MR) is 111 cm³/mol. The number of aromatic nitrogens is 2. The summed E-state index contributed by atoms with van der Waals surface area (Å²) in [6, 6.07) is 8.10. The van der Waals surface area contributed by atoms with E-state index in [1.807, 2.05) is 36.1 Å². The second-order valence-corrected chi connectivity index (χ2v) is 7.44. The molecule has 8 heteroatoms. The van der Waals surface area contributed by atoms with E-state index in [2.05, 4.69) is 15.3 Å². The quantitative estimate of drug-likeness (QED) is 0.526. The molecule has 3 rings (SSSR count). The van der Waals surface area contributed by atoms with E-state index in [1.54, 1.807) is 0 Å². The van der Waals surface area contributed by atoms with Crippen molar-refractivity contribution in [1.29, 1.82) is 0 Å². The summed E-state index contributed by atoms with van der Waals surface area (Å²) in [5.41, 5.74) is 2.36. The van der Waals surface area contributed by atoms with Crippen LogP contribution < -0.4 is 10.2 Å². The average molecular weight is 417 g/mol. The van der Waals surface area contributed by atoms with Crippen LogP contribution in [0.15, 0.2) is 30.5 Å². The molecule has 1 aromatic heterocycles. The van der Waals surface area contributed by atoms with E-state index < -0.39 is 5.97 Å². The normalized spacial score (nSPS) is 13.4. The lowest BCUT2D eigenvalue weighted by atomic mass is 10.1. The minimum Gasteiger partial charge on any atom is -0.459 e. The number of aryl methyl sites for hydroxylation is 2. The van der Waals surface area contributed by atoms with Gasteiger partial charge in [0.25, 0.3) is 0 Å². The minimum absolute atomic E-state index is 0.0501. The third-order valence-electron chi connectivity index (χ3n) is 4.73. The first-order valence-corrected chi connectivity index (χ1v) is 10.2. The Morgan fingerprint density at radius 3 is 2.66 bits per heavy atom. The van der Waals surface area contributed by atoms with Gasteiger partial charge in [0.05, 0.1) is 17.8 Å². The van der Waals surface area contributed by atoms with Gasteiger partial charge in [0.1, 0.15) is 6.61 Å². The number of hydrogen-bond acceptors (Lipinski definition) is 6. The van der Waals surface area contributed by atoms with Gasteiger partial charge in [-0.2, -0.15) is 0 Å². The van der Waals surface area contributed by atoms with Crippen molar-refractivity contribution in [3.8, 4) is 0 Å². The van der Waals surface area contributed by atoms with Crippen LogP contribution in [-0.2, 0) is 16.0 Å². The Kier molecular flexibility index (Phi) is 7.41. The third kappa shape index (κ3) is 6.15. The maximum Gasteiger partial charge on any atom is 0.358 e. The molecular formula is C21H25ClN4O3. The lowest BCUT2D eigenvalue weighted by Gasteiger charge is -2.15. The van der Waals surface area contributed by atoms with Crippen molar-refractivity contribution in [2.45, 2.75) is 32.6 Å². The van der Waals surface area contributed by atoms with E-state index in [1.165, 1.54) is 11.8 Å². The number of carbonyl (C=O) groups is 2. The van der Waals surface area contributed by atoms with Crippen molar-refractivity contribution >= 4 is 29.4 Å². The fraction of sp³-hybridized carbons (Fsp3) is 0.429. The Hall–Kier alpha value is -2.67. The number of ether oxygens (including phenoxy) is 1. The maximum absolute atomic E-state index is 12.3. The Morgan fingerprint density at radius 2 is 1.93 bits per heavy atom. The highest BCUT2D eigenvalue weighted by Crippen LogP contribution is 2.20. The fourth-order valence-corrected chi connectivity index (χ4v) is 3.24. The zero-order valence-corrected chi connectivity index (χ0v) is 17.2. The Morgan fingerprint density at radius 1 is 1.21 bits per heavy atom. The van der Waals surface area contributed by atoms with E-state index in [0.717, 1.165) is 31.5 Å². The molecule has 1 saturated heterocycles. The topological polar surface area (TPSA) is 84.4 Å². The molecule has 1 amide bonds. The zero-order valence-electron chi connectivity index (χ0n) is 16.5. The first-order valence-electron chi connectivity index (χ1n) is 9.80. The molecule has 0 atom stereocenters. The summed E-state index contributed by atoms with van der Waals surface area (Å²) in [7, 11) is 0. The standard InChI is InChI=1S/C21H25ClN4O3/c1-15-4-6-16(7-5-15)8-9-18(27)23-10-13-29-20(28)19-17(22)14-24-21(25-19)26-11-2-3-12-26/h4-7,14H,2-3,8-13H2,1H3,(H,23,27). The van der Waals surface area contributed by atoms with Gasteiger partial charge in [-0.25, -0.2) is 14.8 Å². The number of anilines is 1. The van der Waals surface area contributed by atoms with E-state index in [-0.39, 0.29) is 29.8 Å². The molecule has 1 fully saturated rings. The van der Waals surface area contributed by atoms with Crippen LogP contribution in [0.4, 0.5) is 5.95 Å². The van der Waals surface area contributed by atoms with E-state index in [4.69, 9.17) is 16.3 Å². The molecule has 29 heavy (non-hydrogen) atoms. The molecule has 154 valence electrons. The molecular weight excluding hydrogens is 392 g/mol. The Labute approximate surface area is 175 Å². The lowest BCUT2D eigenvalue weighted by Crippen LogP contribution is -2.28. The van der Waals surface area contributed by atoms with Crippen molar-refractivity contribution in [1.82, 2.24) is 15.3 Å². The Balaban J connectivity index is 1.41. The van der Waals surface area contributed by atoms with Crippen molar-refractivity contribution < 1.29 is 14.3 Å². The van der Waals surface area contributed by atoms with Crippen molar-refractivity contribution in [3.05, 3.63) is 52.3 Å². The van der Waals surface area contributed by atoms with Crippen LogP contribution in [0.2, 0.25) is 5.02 Å². The number of carbonyl (C=O) groups excluding carboxylic acids is 2. The van der Waals surface area contributed by atoms with Crippen molar-refractivity contribution in [2.75, 3.05) is 31.1 Å². The molecule has 0 aliphatic carbocycles. The van der Waals surface area contributed by atoms with Crippen LogP contribution in [0.1, 0.15) is 40.9 Å². The van der Waals surface area contributed by atoms with Crippen LogP contribution in [0.5, 0.6) is 0 Å². The number of nitrogens with one attached hydrogen (secondary N) is 1. The van der Waals surface area contributed by atoms with E-state index >= 15 is 0 Å². The van der Waals surface area contributed by atoms with Gasteiger partial charge in [0.15, 0.2) is 5.69 Å². The molecule has 0 spiro atoms. The fourth-order valence-electron chi connectivity index (χ4n) is 3.07. The highest BCUT2D eigenvalue weighted by molar-refractivity contribution is 6.33. The van der Waals surface area contributed by atoms with Crippen LogP contribution >= 0.6 is 11.6 Å². The first kappa shape index (κ1) is 21.0. The van der Waals surface area contributed by atoms with Gasteiger partial charge >= 0.3 is 5.97 Å². The molecule has 2 heterocycles. The van der Waals surface area contributed by atoms with Crippen LogP contribution in [0.25, 0.3) is 0 Å². The van der Waals surface area contributed by atoms with Crippen LogP contribution in [-0.4, -0.2) is 48.1 Å². The third-order valence-corrected chi connectivity index (χ3v) is 5.01. The summed E-state index contributed by atoms with van der Waals surface area (Å²) >= 11 is 6.06. The van der Waals surface area contributed by atoms with Gasteiger partial charge in [-0.15, -0.1) is 0 Å².